The van der Waals surface area contributed by atoms with Crippen LogP contribution in [0.4, 0.5) is 11.4 Å². The van der Waals surface area contributed by atoms with Gasteiger partial charge in [0.25, 0.3) is 11.6 Å². The lowest BCUT2D eigenvalue weighted by Gasteiger charge is -2.19. The van der Waals surface area contributed by atoms with Crippen molar-refractivity contribution in [3.8, 4) is 5.75 Å². The van der Waals surface area contributed by atoms with E-state index in [2.05, 4.69) is 15.4 Å². The van der Waals surface area contributed by atoms with E-state index in [1.54, 1.807) is 30.3 Å². The number of rotatable bonds is 7. The van der Waals surface area contributed by atoms with Crippen LogP contribution in [-0.2, 0) is 4.79 Å². The number of hydrazone groups is 1. The van der Waals surface area contributed by atoms with E-state index in [-0.39, 0.29) is 12.3 Å². The molecule has 3 rings (SSSR count). The molecule has 8 nitrogen and oxygen atoms in total. The van der Waals surface area contributed by atoms with Crippen LogP contribution in [0.15, 0.2) is 47.6 Å². The van der Waals surface area contributed by atoms with Crippen LogP contribution in [0.1, 0.15) is 18.4 Å². The second-order valence-corrected chi connectivity index (χ2v) is 6.67. The van der Waals surface area contributed by atoms with Crippen LogP contribution in [0.5, 0.6) is 5.75 Å². The standard InChI is InChI=1S/C19H19ClN4O4/c20-15-3-6-17(7-4-15)28-13-19(25)22-21-12-14-11-16(24(26)27)5-8-18(14)23-9-1-2-10-23/h3-8,11-12H,1-2,9-10,13H2,(H,22,25)/b21-12-. The van der Waals surface area contributed by atoms with Gasteiger partial charge in [0, 0.05) is 41.5 Å². The Morgan fingerprint density at radius 1 is 1.25 bits per heavy atom. The number of ether oxygens (including phenoxy) is 1. The second-order valence-electron chi connectivity index (χ2n) is 6.23. The molecule has 0 unspecified atom stereocenters. The SMILES string of the molecule is O=C(COc1ccc(Cl)cc1)N/N=C\c1cc([N+](=O)[O-])ccc1N1CCCC1. The molecule has 2 aromatic carbocycles. The van der Waals surface area contributed by atoms with Crippen LogP contribution in [-0.4, -0.2) is 36.7 Å². The Morgan fingerprint density at radius 3 is 2.64 bits per heavy atom. The minimum atomic E-state index is -0.455. The Morgan fingerprint density at radius 2 is 1.96 bits per heavy atom. The molecule has 1 amide bonds. The molecular weight excluding hydrogens is 384 g/mol. The van der Waals surface area contributed by atoms with Crippen LogP contribution < -0.4 is 15.1 Å². The smallest absolute Gasteiger partial charge is 0.277 e. The van der Waals surface area contributed by atoms with Crippen molar-refractivity contribution in [3.63, 3.8) is 0 Å². The van der Waals surface area contributed by atoms with Crippen molar-refractivity contribution in [2.45, 2.75) is 12.8 Å². The van der Waals surface area contributed by atoms with E-state index < -0.39 is 10.8 Å². The minimum absolute atomic E-state index is 0.0261. The minimum Gasteiger partial charge on any atom is -0.484 e. The average Bonchev–Trinajstić information content (AvgIpc) is 3.22. The Kier molecular flexibility index (Phi) is 6.44. The first-order valence-electron chi connectivity index (χ1n) is 8.76. The fraction of sp³-hybridized carbons (Fsp3) is 0.263. The Balaban J connectivity index is 1.63. The number of halogens is 1. The van der Waals surface area contributed by atoms with Gasteiger partial charge in [-0.15, -0.1) is 0 Å². The zero-order chi connectivity index (χ0) is 19.9. The number of anilines is 1. The van der Waals surface area contributed by atoms with Crippen molar-refractivity contribution < 1.29 is 14.5 Å². The predicted octanol–water partition coefficient (Wildman–Crippen LogP) is 3.38. The molecule has 0 atom stereocenters. The van der Waals surface area contributed by atoms with E-state index in [1.165, 1.54) is 18.3 Å². The van der Waals surface area contributed by atoms with Crippen LogP contribution in [0.25, 0.3) is 0 Å². The van der Waals surface area contributed by atoms with E-state index in [9.17, 15) is 14.9 Å². The van der Waals surface area contributed by atoms with E-state index in [4.69, 9.17) is 16.3 Å². The summed E-state index contributed by atoms with van der Waals surface area (Å²) in [4.78, 5) is 24.7. The van der Waals surface area contributed by atoms with E-state index >= 15 is 0 Å². The molecule has 1 N–H and O–H groups in total. The molecule has 9 heteroatoms. The molecule has 28 heavy (non-hydrogen) atoms. The predicted molar refractivity (Wildman–Crippen MR) is 107 cm³/mol. The lowest BCUT2D eigenvalue weighted by atomic mass is 10.1. The van der Waals surface area contributed by atoms with Gasteiger partial charge in [-0.25, -0.2) is 5.43 Å². The van der Waals surface area contributed by atoms with Gasteiger partial charge in [-0.2, -0.15) is 5.10 Å². The van der Waals surface area contributed by atoms with Gasteiger partial charge in [0.1, 0.15) is 5.75 Å². The molecule has 0 radical (unpaired) electrons. The van der Waals surface area contributed by atoms with Crippen LogP contribution in [0.3, 0.4) is 0 Å². The number of carbonyl (C=O) groups excluding carboxylic acids is 1. The zero-order valence-corrected chi connectivity index (χ0v) is 15.8. The summed E-state index contributed by atoms with van der Waals surface area (Å²) in [6, 6.07) is 11.3. The highest BCUT2D eigenvalue weighted by molar-refractivity contribution is 6.30. The van der Waals surface area contributed by atoms with Crippen molar-refractivity contribution in [2.75, 3.05) is 24.6 Å². The number of nitro groups is 1. The molecule has 0 aliphatic carbocycles. The number of amides is 1. The van der Waals surface area contributed by atoms with E-state index in [0.29, 0.717) is 16.3 Å². The molecule has 0 spiro atoms. The van der Waals surface area contributed by atoms with Gasteiger partial charge in [-0.1, -0.05) is 11.6 Å². The van der Waals surface area contributed by atoms with Crippen molar-refractivity contribution in [3.05, 3.63) is 63.2 Å². The van der Waals surface area contributed by atoms with Crippen LogP contribution in [0.2, 0.25) is 5.02 Å². The summed E-state index contributed by atoms with van der Waals surface area (Å²) in [7, 11) is 0. The van der Waals surface area contributed by atoms with Crippen LogP contribution >= 0.6 is 11.6 Å². The highest BCUT2D eigenvalue weighted by Gasteiger charge is 2.17. The summed E-state index contributed by atoms with van der Waals surface area (Å²) in [5.74, 6) is 0.0675. The molecule has 0 bridgehead atoms. The van der Waals surface area contributed by atoms with Crippen molar-refractivity contribution in [1.29, 1.82) is 0 Å². The summed E-state index contributed by atoms with van der Waals surface area (Å²) in [5.41, 5.74) is 3.78. The summed E-state index contributed by atoms with van der Waals surface area (Å²) in [6.45, 7) is 1.56. The van der Waals surface area contributed by atoms with Crippen molar-refractivity contribution >= 4 is 35.1 Å². The summed E-state index contributed by atoms with van der Waals surface area (Å²) >= 11 is 5.79. The lowest BCUT2D eigenvalue weighted by molar-refractivity contribution is -0.384. The quantitative estimate of drug-likeness (QED) is 0.435. The third-order valence-electron chi connectivity index (χ3n) is 4.25. The van der Waals surface area contributed by atoms with Crippen molar-refractivity contribution in [1.82, 2.24) is 5.43 Å². The molecule has 1 saturated heterocycles. The maximum Gasteiger partial charge on any atom is 0.277 e. The molecule has 2 aromatic rings. The molecule has 0 saturated carbocycles. The first kappa shape index (κ1) is 19.6. The van der Waals surface area contributed by atoms with Gasteiger partial charge in [-0.05, 0) is 43.2 Å². The Bertz CT molecular complexity index is 880. The number of hydrogen-bond acceptors (Lipinski definition) is 6. The van der Waals surface area contributed by atoms with Gasteiger partial charge < -0.3 is 9.64 Å². The normalized spacial score (nSPS) is 13.7. The van der Waals surface area contributed by atoms with E-state index in [1.807, 2.05) is 0 Å². The second kappa shape index (κ2) is 9.18. The molecule has 1 aliphatic heterocycles. The third kappa shape index (κ3) is 5.20. The number of hydrogen-bond donors (Lipinski definition) is 1. The van der Waals surface area contributed by atoms with E-state index in [0.717, 1.165) is 31.6 Å². The zero-order valence-electron chi connectivity index (χ0n) is 15.0. The summed E-state index contributed by atoms with van der Waals surface area (Å²) in [6.07, 6.45) is 3.57. The number of nitro benzene ring substituents is 1. The number of non-ortho nitro benzene ring substituents is 1. The summed E-state index contributed by atoms with van der Waals surface area (Å²) in [5, 5.41) is 15.6. The van der Waals surface area contributed by atoms with Gasteiger partial charge >= 0.3 is 0 Å². The number of nitrogens with zero attached hydrogens (tertiary/aromatic N) is 3. The van der Waals surface area contributed by atoms with Gasteiger partial charge in [0.2, 0.25) is 0 Å². The number of nitrogens with one attached hydrogen (secondary N) is 1. The lowest BCUT2D eigenvalue weighted by Crippen LogP contribution is -2.25. The monoisotopic (exact) mass is 402 g/mol. The van der Waals surface area contributed by atoms with Gasteiger partial charge in [0.05, 0.1) is 11.1 Å². The molecule has 0 aromatic heterocycles. The maximum absolute atomic E-state index is 11.9. The highest BCUT2D eigenvalue weighted by Crippen LogP contribution is 2.27. The topological polar surface area (TPSA) is 97.1 Å². The Labute approximate surface area is 166 Å². The largest absolute Gasteiger partial charge is 0.484 e. The number of carbonyl (C=O) groups is 1. The maximum atomic E-state index is 11.9. The highest BCUT2D eigenvalue weighted by atomic mass is 35.5. The Hall–Kier alpha value is -3.13. The first-order chi connectivity index (χ1) is 13.5. The molecule has 146 valence electrons. The third-order valence-corrected chi connectivity index (χ3v) is 4.50. The molecule has 1 heterocycles. The molecular formula is C19H19ClN4O4. The number of benzene rings is 2. The fourth-order valence-electron chi connectivity index (χ4n) is 2.89. The average molecular weight is 403 g/mol. The first-order valence-corrected chi connectivity index (χ1v) is 9.14. The van der Waals surface area contributed by atoms with Crippen molar-refractivity contribution in [2.24, 2.45) is 5.10 Å². The van der Waals surface area contributed by atoms with Gasteiger partial charge in [-0.3, -0.25) is 14.9 Å². The summed E-state index contributed by atoms with van der Waals surface area (Å²) < 4.78 is 5.34. The fourth-order valence-corrected chi connectivity index (χ4v) is 3.02. The molecule has 1 aliphatic rings. The molecule has 1 fully saturated rings. The van der Waals surface area contributed by atoms with Gasteiger partial charge in [0.15, 0.2) is 6.61 Å². The van der Waals surface area contributed by atoms with Crippen LogP contribution in [0, 0.1) is 10.1 Å².